The zero-order valence-corrected chi connectivity index (χ0v) is 18.6. The Hall–Kier alpha value is -1.79. The molecule has 1 aromatic carbocycles. The van der Waals surface area contributed by atoms with Crippen molar-refractivity contribution in [3.8, 4) is 0 Å². The Morgan fingerprint density at radius 1 is 1.28 bits per heavy atom. The number of halogens is 2. The summed E-state index contributed by atoms with van der Waals surface area (Å²) in [7, 11) is 0. The highest BCUT2D eigenvalue weighted by Gasteiger charge is 2.33. The topological polar surface area (TPSA) is 75.7 Å². The van der Waals surface area contributed by atoms with Crippen LogP contribution in [0.1, 0.15) is 50.4 Å². The molecule has 1 fully saturated rings. The number of amides is 2. The molecule has 0 aromatic heterocycles. The van der Waals surface area contributed by atoms with Gasteiger partial charge in [-0.3, -0.25) is 14.4 Å². The van der Waals surface area contributed by atoms with Gasteiger partial charge in [-0.15, -0.1) is 0 Å². The summed E-state index contributed by atoms with van der Waals surface area (Å²) in [5.41, 5.74) is 0.265. The highest BCUT2D eigenvalue weighted by Crippen LogP contribution is 2.23. The van der Waals surface area contributed by atoms with Gasteiger partial charge in [0.25, 0.3) is 5.91 Å². The number of ether oxygens (including phenoxy) is 1. The molecular weight excluding hydrogens is 415 g/mol. The van der Waals surface area contributed by atoms with Crippen molar-refractivity contribution in [3.05, 3.63) is 33.8 Å². The Morgan fingerprint density at radius 2 is 2.00 bits per heavy atom. The first-order valence-electron chi connectivity index (χ1n) is 9.94. The summed E-state index contributed by atoms with van der Waals surface area (Å²) in [6.07, 6.45) is 1.90. The maximum absolute atomic E-state index is 13.2. The van der Waals surface area contributed by atoms with Crippen molar-refractivity contribution in [2.24, 2.45) is 11.8 Å². The third-order valence-electron chi connectivity index (χ3n) is 4.84. The van der Waals surface area contributed by atoms with Crippen molar-refractivity contribution in [1.29, 1.82) is 0 Å². The van der Waals surface area contributed by atoms with E-state index in [9.17, 15) is 14.4 Å². The first-order chi connectivity index (χ1) is 13.7. The van der Waals surface area contributed by atoms with Crippen LogP contribution in [-0.2, 0) is 14.3 Å². The quantitative estimate of drug-likeness (QED) is 0.648. The highest BCUT2D eigenvalue weighted by atomic mass is 35.5. The molecule has 6 nitrogen and oxygen atoms in total. The molecule has 2 atom stereocenters. The summed E-state index contributed by atoms with van der Waals surface area (Å²) < 4.78 is 5.11. The number of hydrogen-bond acceptors (Lipinski definition) is 4. The highest BCUT2D eigenvalue weighted by molar-refractivity contribution is 6.36. The van der Waals surface area contributed by atoms with E-state index in [0.717, 1.165) is 6.42 Å². The Bertz CT molecular complexity index is 754. The predicted octanol–water partition coefficient (Wildman–Crippen LogP) is 3.94. The number of carbonyl (C=O) groups is 3. The zero-order chi connectivity index (χ0) is 21.6. The molecule has 0 radical (unpaired) electrons. The lowest BCUT2D eigenvalue weighted by Gasteiger charge is -2.34. The molecule has 1 saturated heterocycles. The van der Waals surface area contributed by atoms with Gasteiger partial charge in [0.1, 0.15) is 6.04 Å². The van der Waals surface area contributed by atoms with E-state index in [2.05, 4.69) is 5.32 Å². The fourth-order valence-corrected chi connectivity index (χ4v) is 3.95. The van der Waals surface area contributed by atoms with Gasteiger partial charge in [-0.2, -0.15) is 0 Å². The fraction of sp³-hybridized carbons (Fsp3) is 0.571. The average Bonchev–Trinajstić information content (AvgIpc) is 2.66. The van der Waals surface area contributed by atoms with Gasteiger partial charge in [0, 0.05) is 18.1 Å². The normalized spacial score (nSPS) is 17.7. The molecule has 1 aromatic rings. The van der Waals surface area contributed by atoms with Gasteiger partial charge < -0.3 is 15.0 Å². The maximum atomic E-state index is 13.2. The SMILES string of the molecule is CCOC(=O)C1CCCN(C(=O)C(CC(C)C)NC(=O)c2ccc(Cl)cc2Cl)C1. The molecule has 0 aliphatic carbocycles. The predicted molar refractivity (Wildman–Crippen MR) is 113 cm³/mol. The van der Waals surface area contributed by atoms with Gasteiger partial charge in [-0.05, 0) is 50.3 Å². The average molecular weight is 443 g/mol. The summed E-state index contributed by atoms with van der Waals surface area (Å²) in [6, 6.07) is 3.91. The number of esters is 1. The first kappa shape index (κ1) is 23.5. The fourth-order valence-electron chi connectivity index (χ4n) is 3.45. The first-order valence-corrected chi connectivity index (χ1v) is 10.7. The van der Waals surface area contributed by atoms with E-state index >= 15 is 0 Å². The van der Waals surface area contributed by atoms with Crippen LogP contribution in [0.25, 0.3) is 0 Å². The van der Waals surface area contributed by atoms with E-state index in [1.165, 1.54) is 12.1 Å². The molecule has 160 valence electrons. The minimum atomic E-state index is -0.699. The molecule has 2 unspecified atom stereocenters. The van der Waals surface area contributed by atoms with E-state index in [4.69, 9.17) is 27.9 Å². The monoisotopic (exact) mass is 442 g/mol. The molecule has 29 heavy (non-hydrogen) atoms. The second-order valence-corrected chi connectivity index (χ2v) is 8.50. The summed E-state index contributed by atoms with van der Waals surface area (Å²) in [5.74, 6) is -1.03. The van der Waals surface area contributed by atoms with Crippen LogP contribution in [0.3, 0.4) is 0 Å². The Labute approximate surface area is 181 Å². The minimum absolute atomic E-state index is 0.189. The van der Waals surface area contributed by atoms with E-state index < -0.39 is 11.9 Å². The van der Waals surface area contributed by atoms with Crippen molar-refractivity contribution in [1.82, 2.24) is 10.2 Å². The number of piperidine rings is 1. The van der Waals surface area contributed by atoms with Crippen LogP contribution >= 0.6 is 23.2 Å². The van der Waals surface area contributed by atoms with E-state index in [1.807, 2.05) is 13.8 Å². The Morgan fingerprint density at radius 3 is 2.62 bits per heavy atom. The van der Waals surface area contributed by atoms with Crippen molar-refractivity contribution in [2.75, 3.05) is 19.7 Å². The van der Waals surface area contributed by atoms with Gasteiger partial charge in [-0.1, -0.05) is 37.0 Å². The minimum Gasteiger partial charge on any atom is -0.466 e. The largest absolute Gasteiger partial charge is 0.466 e. The number of carbonyl (C=O) groups excluding carboxylic acids is 3. The third-order valence-corrected chi connectivity index (χ3v) is 5.39. The molecule has 8 heteroatoms. The van der Waals surface area contributed by atoms with Gasteiger partial charge in [-0.25, -0.2) is 0 Å². The molecular formula is C21H28Cl2N2O4. The number of nitrogens with zero attached hydrogens (tertiary/aromatic N) is 1. The van der Waals surface area contributed by atoms with Crippen molar-refractivity contribution in [2.45, 2.75) is 46.1 Å². The van der Waals surface area contributed by atoms with Crippen LogP contribution in [0.5, 0.6) is 0 Å². The van der Waals surface area contributed by atoms with Crippen molar-refractivity contribution in [3.63, 3.8) is 0 Å². The molecule has 2 rings (SSSR count). The molecule has 2 amide bonds. The maximum Gasteiger partial charge on any atom is 0.310 e. The lowest BCUT2D eigenvalue weighted by atomic mass is 9.96. The van der Waals surface area contributed by atoms with E-state index in [1.54, 1.807) is 17.9 Å². The van der Waals surface area contributed by atoms with Crippen molar-refractivity contribution < 1.29 is 19.1 Å². The summed E-state index contributed by atoms with van der Waals surface area (Å²) in [6.45, 7) is 6.92. The zero-order valence-electron chi connectivity index (χ0n) is 17.0. The number of rotatable bonds is 7. The molecule has 0 spiro atoms. The molecule has 1 aliphatic heterocycles. The molecule has 1 aliphatic rings. The lowest BCUT2D eigenvalue weighted by Crippen LogP contribution is -2.52. The van der Waals surface area contributed by atoms with Crippen LogP contribution < -0.4 is 5.32 Å². The number of nitrogens with one attached hydrogen (secondary N) is 1. The van der Waals surface area contributed by atoms with Crippen LogP contribution in [0.2, 0.25) is 10.0 Å². The summed E-state index contributed by atoms with van der Waals surface area (Å²) >= 11 is 12.0. The second kappa shape index (κ2) is 10.8. The Kier molecular flexibility index (Phi) is 8.78. The van der Waals surface area contributed by atoms with Crippen LogP contribution in [0, 0.1) is 11.8 Å². The number of likely N-dealkylation sites (tertiary alicyclic amines) is 1. The standard InChI is InChI=1S/C21H28Cl2N2O4/c1-4-29-21(28)14-6-5-9-25(12-14)20(27)18(10-13(2)3)24-19(26)16-8-7-15(22)11-17(16)23/h7-8,11,13-14,18H,4-6,9-10,12H2,1-3H3,(H,24,26). The lowest BCUT2D eigenvalue weighted by molar-refractivity contribution is -0.151. The van der Waals surface area contributed by atoms with E-state index in [0.29, 0.717) is 37.6 Å². The van der Waals surface area contributed by atoms with Crippen molar-refractivity contribution >= 4 is 41.0 Å². The summed E-state index contributed by atoms with van der Waals surface area (Å²) in [4.78, 5) is 39.6. The molecule has 1 N–H and O–H groups in total. The van der Waals surface area contributed by atoms with Crippen LogP contribution in [0.4, 0.5) is 0 Å². The molecule has 0 saturated carbocycles. The van der Waals surface area contributed by atoms with Gasteiger partial charge >= 0.3 is 5.97 Å². The second-order valence-electron chi connectivity index (χ2n) is 7.66. The number of hydrogen-bond donors (Lipinski definition) is 1. The third kappa shape index (κ3) is 6.61. The summed E-state index contributed by atoms with van der Waals surface area (Å²) in [5, 5.41) is 3.48. The number of benzene rings is 1. The van der Waals surface area contributed by atoms with Gasteiger partial charge in [0.2, 0.25) is 5.91 Å². The molecule has 0 bridgehead atoms. The van der Waals surface area contributed by atoms with Crippen LogP contribution in [-0.4, -0.2) is 48.4 Å². The van der Waals surface area contributed by atoms with Gasteiger partial charge in [0.15, 0.2) is 0 Å². The smallest absolute Gasteiger partial charge is 0.310 e. The molecule has 1 heterocycles. The Balaban J connectivity index is 2.13. The van der Waals surface area contributed by atoms with Gasteiger partial charge in [0.05, 0.1) is 23.1 Å². The van der Waals surface area contributed by atoms with Crippen LogP contribution in [0.15, 0.2) is 18.2 Å². The van der Waals surface area contributed by atoms with E-state index in [-0.39, 0.29) is 34.3 Å².